The summed E-state index contributed by atoms with van der Waals surface area (Å²) in [5.74, 6) is -0.201. The summed E-state index contributed by atoms with van der Waals surface area (Å²) < 4.78 is 16.7. The Labute approximate surface area is 269 Å². The van der Waals surface area contributed by atoms with Gasteiger partial charge in [0.25, 0.3) is 0 Å². The van der Waals surface area contributed by atoms with Crippen LogP contribution in [0, 0.1) is 17.8 Å². The number of aliphatic hydroxyl groups is 2. The Kier molecular flexibility index (Phi) is 15.8. The molecule has 2 aromatic rings. The van der Waals surface area contributed by atoms with Crippen LogP contribution in [0.25, 0.3) is 10.8 Å². The van der Waals surface area contributed by atoms with Crippen molar-refractivity contribution in [3.8, 4) is 0 Å². The highest BCUT2D eigenvalue weighted by atomic mass is 16.5. The zero-order chi connectivity index (χ0) is 32.6. The number of unbranched alkanes of at least 4 members (excludes halogenated alkanes) is 1. The Morgan fingerprint density at radius 2 is 1.42 bits per heavy atom. The maximum absolute atomic E-state index is 11.9. The van der Waals surface area contributed by atoms with Crippen LogP contribution in [0.5, 0.6) is 0 Å². The van der Waals surface area contributed by atoms with Crippen molar-refractivity contribution in [3.05, 3.63) is 71.8 Å². The minimum absolute atomic E-state index is 0.0224. The molecule has 1 heterocycles. The van der Waals surface area contributed by atoms with E-state index in [2.05, 4.69) is 63.4 Å². The van der Waals surface area contributed by atoms with E-state index in [1.165, 1.54) is 41.2 Å². The first-order valence-corrected chi connectivity index (χ1v) is 16.7. The second-order valence-electron chi connectivity index (χ2n) is 13.1. The van der Waals surface area contributed by atoms with E-state index in [0.29, 0.717) is 12.3 Å². The number of aryl methyl sites for hydroxylation is 2. The van der Waals surface area contributed by atoms with Crippen LogP contribution in [0.15, 0.2) is 60.7 Å². The van der Waals surface area contributed by atoms with Gasteiger partial charge in [0, 0.05) is 12.5 Å². The van der Waals surface area contributed by atoms with Gasteiger partial charge in [0.1, 0.15) is 0 Å². The summed E-state index contributed by atoms with van der Waals surface area (Å²) in [7, 11) is 0. The van der Waals surface area contributed by atoms with Crippen LogP contribution >= 0.6 is 0 Å². The van der Waals surface area contributed by atoms with E-state index >= 15 is 0 Å². The first-order valence-electron chi connectivity index (χ1n) is 16.7. The molecule has 1 fully saturated rings. The molecule has 1 aliphatic heterocycles. The van der Waals surface area contributed by atoms with Crippen molar-refractivity contribution in [2.24, 2.45) is 17.8 Å². The van der Waals surface area contributed by atoms with Gasteiger partial charge in [0.2, 0.25) is 0 Å². The Hall–Kier alpha value is -3.00. The van der Waals surface area contributed by atoms with Crippen molar-refractivity contribution in [2.75, 3.05) is 33.0 Å². The van der Waals surface area contributed by atoms with E-state index < -0.39 is 25.2 Å². The van der Waals surface area contributed by atoms with Gasteiger partial charge in [-0.3, -0.25) is 0 Å². The van der Waals surface area contributed by atoms with E-state index in [4.69, 9.17) is 24.4 Å². The van der Waals surface area contributed by atoms with Gasteiger partial charge in [-0.25, -0.2) is 9.59 Å². The molecule has 7 heteroatoms. The second kappa shape index (κ2) is 19.5. The van der Waals surface area contributed by atoms with E-state index in [1.807, 2.05) is 0 Å². The van der Waals surface area contributed by atoms with Gasteiger partial charge in [0.05, 0.1) is 43.7 Å². The highest BCUT2D eigenvalue weighted by Crippen LogP contribution is 2.27. The molecular formula is C38H54O7. The smallest absolute Gasteiger partial charge is 0.335 e. The minimum Gasteiger partial charge on any atom is -0.462 e. The lowest BCUT2D eigenvalue weighted by molar-refractivity contribution is -0.144. The predicted octanol–water partition coefficient (Wildman–Crippen LogP) is 6.91. The Morgan fingerprint density at radius 1 is 0.822 bits per heavy atom. The van der Waals surface area contributed by atoms with Crippen LogP contribution < -0.4 is 0 Å². The zero-order valence-electron chi connectivity index (χ0n) is 27.4. The molecule has 45 heavy (non-hydrogen) atoms. The number of hydrogen-bond donors (Lipinski definition) is 2. The highest BCUT2D eigenvalue weighted by Gasteiger charge is 2.22. The van der Waals surface area contributed by atoms with Crippen molar-refractivity contribution in [2.45, 2.75) is 90.6 Å². The fourth-order valence-electron chi connectivity index (χ4n) is 5.80. The van der Waals surface area contributed by atoms with E-state index in [9.17, 15) is 9.59 Å². The summed E-state index contributed by atoms with van der Waals surface area (Å²) in [6.07, 6.45) is 11.9. The summed E-state index contributed by atoms with van der Waals surface area (Å²) in [5, 5.41) is 20.8. The lowest BCUT2D eigenvalue weighted by Gasteiger charge is -2.29. The first kappa shape index (κ1) is 36.5. The summed E-state index contributed by atoms with van der Waals surface area (Å²) in [4.78, 5) is 23.8. The van der Waals surface area contributed by atoms with Crippen LogP contribution in [-0.4, -0.2) is 61.3 Å². The summed E-state index contributed by atoms with van der Waals surface area (Å²) in [5.41, 5.74) is 2.78. The Balaban J connectivity index is 1.36. The number of carbonyl (C=O) groups is 2. The molecule has 1 aliphatic rings. The quantitative estimate of drug-likeness (QED) is 0.0940. The van der Waals surface area contributed by atoms with Gasteiger partial charge < -0.3 is 24.4 Å². The largest absolute Gasteiger partial charge is 0.462 e. The molecular weight excluding hydrogens is 568 g/mol. The number of hydrogen-bond acceptors (Lipinski definition) is 7. The molecule has 1 saturated heterocycles. The molecule has 2 N–H and O–H groups in total. The van der Waals surface area contributed by atoms with Crippen molar-refractivity contribution < 1.29 is 34.0 Å². The molecule has 0 aliphatic carbocycles. The monoisotopic (exact) mass is 622 g/mol. The lowest BCUT2D eigenvalue weighted by atomic mass is 9.90. The van der Waals surface area contributed by atoms with E-state index in [0.717, 1.165) is 57.5 Å². The number of fused-ring (bicyclic) bond motifs is 1. The first-order chi connectivity index (χ1) is 21.7. The topological polar surface area (TPSA) is 102 Å². The molecule has 0 aromatic heterocycles. The molecule has 3 rings (SSSR count). The zero-order valence-corrected chi connectivity index (χ0v) is 27.4. The average Bonchev–Trinajstić information content (AvgIpc) is 3.05. The number of carbonyl (C=O) groups excluding carboxylic acids is 2. The molecule has 248 valence electrons. The van der Waals surface area contributed by atoms with Crippen LogP contribution in [0.1, 0.15) is 82.8 Å². The molecule has 0 radical (unpaired) electrons. The fraction of sp³-hybridized carbons (Fsp3) is 0.579. The number of ether oxygens (including phenoxy) is 3. The second-order valence-corrected chi connectivity index (χ2v) is 13.1. The van der Waals surface area contributed by atoms with E-state index in [-0.39, 0.29) is 36.4 Å². The SMILES string of the molecule is C=C(CO)C(=O)OCC(CCCCC1CCC(CCc2ccc3cc(CCCC(C)C)ccc3c2)CO1)COC(=O)C(=C)CO. The van der Waals surface area contributed by atoms with Crippen molar-refractivity contribution in [1.82, 2.24) is 0 Å². The fourth-order valence-corrected chi connectivity index (χ4v) is 5.80. The average molecular weight is 623 g/mol. The maximum atomic E-state index is 11.9. The van der Waals surface area contributed by atoms with Crippen LogP contribution in [0.2, 0.25) is 0 Å². The number of rotatable bonds is 20. The van der Waals surface area contributed by atoms with Crippen LogP contribution in [0.4, 0.5) is 0 Å². The van der Waals surface area contributed by atoms with Gasteiger partial charge in [-0.1, -0.05) is 82.7 Å². The van der Waals surface area contributed by atoms with Crippen molar-refractivity contribution in [3.63, 3.8) is 0 Å². The van der Waals surface area contributed by atoms with Crippen molar-refractivity contribution >= 4 is 22.7 Å². The van der Waals surface area contributed by atoms with Gasteiger partial charge in [-0.15, -0.1) is 0 Å². The van der Waals surface area contributed by atoms with Gasteiger partial charge in [0.15, 0.2) is 0 Å². The molecule has 0 spiro atoms. The van der Waals surface area contributed by atoms with Crippen molar-refractivity contribution in [1.29, 1.82) is 0 Å². The van der Waals surface area contributed by atoms with Crippen LogP contribution in [-0.2, 0) is 36.6 Å². The molecule has 7 nitrogen and oxygen atoms in total. The Bertz CT molecular complexity index is 1210. The number of benzene rings is 2. The molecule has 0 saturated carbocycles. The van der Waals surface area contributed by atoms with Gasteiger partial charge in [-0.05, 0) is 85.1 Å². The summed E-state index contributed by atoms with van der Waals surface area (Å²) in [6.45, 7) is 11.5. The molecule has 2 aromatic carbocycles. The lowest BCUT2D eigenvalue weighted by Crippen LogP contribution is -2.26. The highest BCUT2D eigenvalue weighted by molar-refractivity contribution is 5.88. The molecule has 0 amide bonds. The standard InChI is InChI=1S/C38H54O7/c1-27(2)8-7-10-30-14-17-35-21-31(15-18-34(35)20-30)12-13-32-16-19-36(43-24-32)11-6-5-9-33(25-44-37(41)28(3)22-39)26-45-38(42)29(4)23-40/h14-15,17-18,20-21,27,32-33,36,39-40H,3-13,16,19,22-26H2,1-2H3. The molecule has 2 atom stereocenters. The minimum atomic E-state index is -0.666. The third-order valence-electron chi connectivity index (χ3n) is 8.77. The number of esters is 2. The Morgan fingerprint density at radius 3 is 1.96 bits per heavy atom. The van der Waals surface area contributed by atoms with Gasteiger partial charge in [-0.2, -0.15) is 0 Å². The third kappa shape index (κ3) is 13.1. The predicted molar refractivity (Wildman–Crippen MR) is 179 cm³/mol. The molecule has 0 bridgehead atoms. The van der Waals surface area contributed by atoms with Crippen LogP contribution in [0.3, 0.4) is 0 Å². The third-order valence-corrected chi connectivity index (χ3v) is 8.77. The summed E-state index contributed by atoms with van der Waals surface area (Å²) >= 11 is 0. The van der Waals surface area contributed by atoms with E-state index in [1.54, 1.807) is 0 Å². The summed E-state index contributed by atoms with van der Waals surface area (Å²) in [6, 6.07) is 13.8. The van der Waals surface area contributed by atoms with Gasteiger partial charge >= 0.3 is 11.9 Å². The normalized spacial score (nSPS) is 16.7. The molecule has 2 unspecified atom stereocenters. The number of aliphatic hydroxyl groups excluding tert-OH is 2. The maximum Gasteiger partial charge on any atom is 0.335 e.